The van der Waals surface area contributed by atoms with Gasteiger partial charge in [0.05, 0.1) is 13.1 Å². The summed E-state index contributed by atoms with van der Waals surface area (Å²) < 4.78 is 2.01. The van der Waals surface area contributed by atoms with Crippen molar-refractivity contribution in [3.05, 3.63) is 47.5 Å². The molecule has 0 fully saturated rings. The zero-order chi connectivity index (χ0) is 15.5. The van der Waals surface area contributed by atoms with Crippen LogP contribution < -0.4 is 5.32 Å². The van der Waals surface area contributed by atoms with E-state index in [9.17, 15) is 9.59 Å². The molecule has 0 atom stereocenters. The Morgan fingerprint density at radius 3 is 2.73 bits per heavy atom. The zero-order valence-corrected chi connectivity index (χ0v) is 12.3. The Hall–Kier alpha value is -2.70. The Kier molecular flexibility index (Phi) is 3.86. The van der Waals surface area contributed by atoms with E-state index in [1.165, 1.54) is 0 Å². The third-order valence-corrected chi connectivity index (χ3v) is 3.73. The molecule has 3 rings (SSSR count). The van der Waals surface area contributed by atoms with Crippen molar-refractivity contribution in [3.8, 4) is 0 Å². The normalized spacial score (nSPS) is 13.6. The molecule has 0 saturated carbocycles. The SMILES string of the molecule is Cc1nnc2n1CCN(C(=O)CNC(=O)c1ccccc1)C2. The summed E-state index contributed by atoms with van der Waals surface area (Å²) in [6.07, 6.45) is 0. The van der Waals surface area contributed by atoms with E-state index in [0.717, 1.165) is 11.6 Å². The molecule has 1 aromatic carbocycles. The highest BCUT2D eigenvalue weighted by molar-refractivity contribution is 5.96. The number of amides is 2. The topological polar surface area (TPSA) is 80.1 Å². The second kappa shape index (κ2) is 5.97. The smallest absolute Gasteiger partial charge is 0.251 e. The first kappa shape index (κ1) is 14.2. The number of carbonyl (C=O) groups excluding carboxylic acids is 2. The van der Waals surface area contributed by atoms with Crippen molar-refractivity contribution in [2.45, 2.75) is 20.0 Å². The van der Waals surface area contributed by atoms with Gasteiger partial charge in [-0.05, 0) is 19.1 Å². The van der Waals surface area contributed by atoms with Gasteiger partial charge in [-0.25, -0.2) is 0 Å². The highest BCUT2D eigenvalue weighted by atomic mass is 16.2. The van der Waals surface area contributed by atoms with Crippen molar-refractivity contribution < 1.29 is 9.59 Å². The van der Waals surface area contributed by atoms with Crippen LogP contribution >= 0.6 is 0 Å². The Bertz CT molecular complexity index is 695. The summed E-state index contributed by atoms with van der Waals surface area (Å²) in [4.78, 5) is 25.8. The molecule has 7 nitrogen and oxygen atoms in total. The van der Waals surface area contributed by atoms with Gasteiger partial charge in [-0.1, -0.05) is 18.2 Å². The molecule has 0 bridgehead atoms. The lowest BCUT2D eigenvalue weighted by Crippen LogP contribution is -2.44. The van der Waals surface area contributed by atoms with Gasteiger partial charge < -0.3 is 14.8 Å². The molecule has 1 aromatic heterocycles. The maximum absolute atomic E-state index is 12.2. The summed E-state index contributed by atoms with van der Waals surface area (Å²) in [5, 5.41) is 10.7. The average molecular weight is 299 g/mol. The molecule has 7 heteroatoms. The van der Waals surface area contributed by atoms with Crippen LogP contribution in [0.25, 0.3) is 0 Å². The fraction of sp³-hybridized carbons (Fsp3) is 0.333. The molecule has 2 amide bonds. The van der Waals surface area contributed by atoms with Crippen molar-refractivity contribution in [1.82, 2.24) is 25.0 Å². The first-order chi connectivity index (χ1) is 10.6. The van der Waals surface area contributed by atoms with Gasteiger partial charge in [-0.3, -0.25) is 9.59 Å². The second-order valence-corrected chi connectivity index (χ2v) is 5.18. The number of aryl methyl sites for hydroxylation is 1. The van der Waals surface area contributed by atoms with Gasteiger partial charge >= 0.3 is 0 Å². The van der Waals surface area contributed by atoms with Gasteiger partial charge in [0.1, 0.15) is 5.82 Å². The summed E-state index contributed by atoms with van der Waals surface area (Å²) in [6, 6.07) is 8.85. The van der Waals surface area contributed by atoms with Gasteiger partial charge in [0.15, 0.2) is 5.82 Å². The quantitative estimate of drug-likeness (QED) is 0.887. The summed E-state index contributed by atoms with van der Waals surface area (Å²) in [7, 11) is 0. The van der Waals surface area contributed by atoms with Crippen molar-refractivity contribution in [2.24, 2.45) is 0 Å². The number of carbonyl (C=O) groups is 2. The van der Waals surface area contributed by atoms with Crippen LogP contribution in [0, 0.1) is 6.92 Å². The molecular weight excluding hydrogens is 282 g/mol. The number of hydrogen-bond acceptors (Lipinski definition) is 4. The predicted octanol–water partition coefficient (Wildman–Crippen LogP) is 0.359. The standard InChI is InChI=1S/C15H17N5O2/c1-11-17-18-13-10-19(7-8-20(11)13)14(21)9-16-15(22)12-5-3-2-4-6-12/h2-6H,7-10H2,1H3,(H,16,22). The molecule has 114 valence electrons. The van der Waals surface area contributed by atoms with Crippen LogP contribution in [-0.4, -0.2) is 44.6 Å². The second-order valence-electron chi connectivity index (χ2n) is 5.18. The highest BCUT2D eigenvalue weighted by Crippen LogP contribution is 2.11. The lowest BCUT2D eigenvalue weighted by atomic mass is 10.2. The van der Waals surface area contributed by atoms with Crippen LogP contribution in [0.3, 0.4) is 0 Å². The summed E-state index contributed by atoms with van der Waals surface area (Å²) in [5.74, 6) is 1.28. The summed E-state index contributed by atoms with van der Waals surface area (Å²) >= 11 is 0. The fourth-order valence-corrected chi connectivity index (χ4v) is 2.48. The number of nitrogens with zero attached hydrogens (tertiary/aromatic N) is 4. The molecule has 0 radical (unpaired) electrons. The molecule has 0 spiro atoms. The monoisotopic (exact) mass is 299 g/mol. The largest absolute Gasteiger partial charge is 0.343 e. The van der Waals surface area contributed by atoms with Crippen LogP contribution in [0.4, 0.5) is 0 Å². The molecule has 1 N–H and O–H groups in total. The first-order valence-electron chi connectivity index (χ1n) is 7.15. The molecule has 1 aliphatic rings. The Morgan fingerprint density at radius 2 is 1.95 bits per heavy atom. The minimum atomic E-state index is -0.245. The number of fused-ring (bicyclic) bond motifs is 1. The van der Waals surface area contributed by atoms with Crippen LogP contribution in [0.1, 0.15) is 22.0 Å². The number of rotatable bonds is 3. The maximum Gasteiger partial charge on any atom is 0.251 e. The van der Waals surface area contributed by atoms with Gasteiger partial charge in [0.2, 0.25) is 5.91 Å². The summed E-state index contributed by atoms with van der Waals surface area (Å²) in [5.41, 5.74) is 0.546. The van der Waals surface area contributed by atoms with E-state index in [2.05, 4.69) is 15.5 Å². The molecule has 1 aliphatic heterocycles. The maximum atomic E-state index is 12.2. The molecule has 0 unspecified atom stereocenters. The third kappa shape index (κ3) is 2.83. The van der Waals surface area contributed by atoms with E-state index in [1.54, 1.807) is 29.2 Å². The van der Waals surface area contributed by atoms with Crippen molar-refractivity contribution in [3.63, 3.8) is 0 Å². The lowest BCUT2D eigenvalue weighted by molar-refractivity contribution is -0.131. The minimum absolute atomic E-state index is 0.0130. The zero-order valence-electron chi connectivity index (χ0n) is 12.3. The molecule has 2 aromatic rings. The van der Waals surface area contributed by atoms with Crippen LogP contribution in [-0.2, 0) is 17.9 Å². The molecule has 22 heavy (non-hydrogen) atoms. The van der Waals surface area contributed by atoms with Crippen LogP contribution in [0.2, 0.25) is 0 Å². The molecule has 0 aliphatic carbocycles. The minimum Gasteiger partial charge on any atom is -0.343 e. The Morgan fingerprint density at radius 1 is 1.18 bits per heavy atom. The fourth-order valence-electron chi connectivity index (χ4n) is 2.48. The van der Waals surface area contributed by atoms with E-state index in [1.807, 2.05) is 17.6 Å². The summed E-state index contributed by atoms with van der Waals surface area (Å²) in [6.45, 7) is 3.61. The number of benzene rings is 1. The highest BCUT2D eigenvalue weighted by Gasteiger charge is 2.23. The Labute approximate surface area is 127 Å². The number of hydrogen-bond donors (Lipinski definition) is 1. The van der Waals surface area contributed by atoms with Crippen molar-refractivity contribution in [1.29, 1.82) is 0 Å². The average Bonchev–Trinajstić information content (AvgIpc) is 2.93. The Balaban J connectivity index is 1.56. The number of nitrogens with one attached hydrogen (secondary N) is 1. The first-order valence-corrected chi connectivity index (χ1v) is 7.15. The van der Waals surface area contributed by atoms with Crippen LogP contribution in [0.15, 0.2) is 30.3 Å². The predicted molar refractivity (Wildman–Crippen MR) is 79.0 cm³/mol. The molecule has 0 saturated heterocycles. The molecular formula is C15H17N5O2. The van der Waals surface area contributed by atoms with Gasteiger partial charge in [-0.2, -0.15) is 0 Å². The molecule has 2 heterocycles. The third-order valence-electron chi connectivity index (χ3n) is 3.73. The van der Waals surface area contributed by atoms with E-state index >= 15 is 0 Å². The van der Waals surface area contributed by atoms with Crippen molar-refractivity contribution in [2.75, 3.05) is 13.1 Å². The van der Waals surface area contributed by atoms with E-state index in [4.69, 9.17) is 0 Å². The van der Waals surface area contributed by atoms with Gasteiger partial charge in [0, 0.05) is 18.7 Å². The van der Waals surface area contributed by atoms with E-state index in [-0.39, 0.29) is 18.4 Å². The van der Waals surface area contributed by atoms with E-state index in [0.29, 0.717) is 25.2 Å². The van der Waals surface area contributed by atoms with Gasteiger partial charge in [0.25, 0.3) is 5.91 Å². The van der Waals surface area contributed by atoms with E-state index < -0.39 is 0 Å². The number of aromatic nitrogens is 3. The lowest BCUT2D eigenvalue weighted by Gasteiger charge is -2.27. The van der Waals surface area contributed by atoms with Crippen molar-refractivity contribution >= 4 is 11.8 Å². The van der Waals surface area contributed by atoms with Crippen LogP contribution in [0.5, 0.6) is 0 Å². The van der Waals surface area contributed by atoms with Gasteiger partial charge in [-0.15, -0.1) is 10.2 Å².